The van der Waals surface area contributed by atoms with Crippen LogP contribution in [0.2, 0.25) is 0 Å². The van der Waals surface area contributed by atoms with Crippen LogP contribution in [0.4, 0.5) is 13.6 Å². The van der Waals surface area contributed by atoms with Gasteiger partial charge in [0.1, 0.15) is 46.7 Å². The fraction of sp³-hybridized carbons (Fsp3) is 0.506. The summed E-state index contributed by atoms with van der Waals surface area (Å²) < 4.78 is 37.6. The van der Waals surface area contributed by atoms with Crippen LogP contribution >= 0.6 is 17.0 Å². The Bertz CT molecular complexity index is 4190. The highest BCUT2D eigenvalue weighted by atomic mass is 79.9. The predicted octanol–water partition coefficient (Wildman–Crippen LogP) is 10.5. The Hall–Kier alpha value is -9.80. The summed E-state index contributed by atoms with van der Waals surface area (Å²) in [6.45, 7) is 13.3. The number of carboxylic acids is 1. The number of carbonyl (C=O) groups is 8. The second-order valence-electron chi connectivity index (χ2n) is 28.9. The first-order valence-electron chi connectivity index (χ1n) is 36.8. The molecule has 6 aromatic heterocycles. The number of likely N-dealkylation sites (tertiary alicyclic amines) is 2. The number of amides is 7. The molecular weight excluding hydrogens is 1430 g/mol. The van der Waals surface area contributed by atoms with Crippen molar-refractivity contribution in [2.24, 2.45) is 17.8 Å². The van der Waals surface area contributed by atoms with Crippen LogP contribution in [0.1, 0.15) is 180 Å². The van der Waals surface area contributed by atoms with Crippen molar-refractivity contribution in [3.05, 3.63) is 162 Å². The van der Waals surface area contributed by atoms with Gasteiger partial charge < -0.3 is 40.1 Å². The standard InChI is InChI=1S/C37H50FN7O5.C33H43FN6O3.C7H5N3O2.BrH/c1-25(42(5)36(49)50-37(2,3)4)32(46)41-31(27-11-7-6-8-12-27)34(48)45-21-9-13-29(45)23-43(22-18-26-14-16-28(38)17-15-26)33(47)30-24-44-20-10-19-39-35(44)40-30;1-3-23(2)30(41)37-29(25-9-5-4-6-10-25)32(43)40-19-7-11-27(40)21-38(20-16-24-12-14-26(34)15-13-24)31(42)28-22-39-18-8-17-35-33(39)36-28;11-6(12)5-4-10-3-1-2-8-7(10)9-5;/h10,14-17,19-20,24-25,27,29,31H,6-9,11-13,18,21-23H2,1-5H3,(H,41,46);8,12-15,17-18,22-23,25,27,29H,3-7,9-11,16,19-21H2,1-2H3,(H,37,41);1-4H,(H,11,12);1H/t25-,29-,31-;23-,27+,29+;;/m01../s1. The molecule has 6 atom stereocenters. The first-order chi connectivity index (χ1) is 50.4. The molecule has 2 saturated carbocycles. The Morgan fingerprint density at radius 3 is 1.33 bits per heavy atom. The SMILES string of the molecule is Br.CC[C@@H](C)C(=O)N[C@H](C(=O)N1CCC[C@H]1CN(CCc1ccc(F)cc1)C(=O)c1cn2cccnc2n1)C1CCCCC1.C[C@@H](C(=O)N[C@H](C(=O)N1CCC[C@H]1CN(CCc1ccc(F)cc1)C(=O)c1cn2cccnc2n1)C1CCCCC1)N(C)C(=O)OC(C)(C)C.O=C(O)c1cn2cccnc2n1. The number of nitrogens with one attached hydrogen (secondary N) is 2. The quantitative estimate of drug-likeness (QED) is 0.0536. The van der Waals surface area contributed by atoms with Gasteiger partial charge in [0.2, 0.25) is 41.0 Å². The fourth-order valence-corrected chi connectivity index (χ4v) is 14.1. The molecule has 2 aromatic carbocycles. The molecule has 7 amide bonds. The van der Waals surface area contributed by atoms with Crippen LogP contribution in [0, 0.1) is 29.4 Å². The van der Waals surface area contributed by atoms with Crippen molar-refractivity contribution >= 4 is 81.8 Å². The van der Waals surface area contributed by atoms with E-state index in [1.54, 1.807) is 143 Å². The third kappa shape index (κ3) is 21.3. The molecular formula is C77H99BrF2N16O10. The smallest absolute Gasteiger partial charge is 0.410 e. The van der Waals surface area contributed by atoms with E-state index in [9.17, 15) is 47.1 Å². The third-order valence-electron chi connectivity index (χ3n) is 20.4. The predicted molar refractivity (Wildman–Crippen MR) is 398 cm³/mol. The van der Waals surface area contributed by atoms with Crippen molar-refractivity contribution in [3.8, 4) is 0 Å². The van der Waals surface area contributed by atoms with Crippen molar-refractivity contribution in [2.45, 2.75) is 187 Å². The Morgan fingerprint density at radius 1 is 0.566 bits per heavy atom. The van der Waals surface area contributed by atoms with Crippen LogP contribution in [0.15, 0.2) is 123 Å². The van der Waals surface area contributed by atoms with Gasteiger partial charge in [0.05, 0.1) is 0 Å². The maximum atomic E-state index is 14.5. The van der Waals surface area contributed by atoms with E-state index in [1.807, 2.05) is 23.6 Å². The summed E-state index contributed by atoms with van der Waals surface area (Å²) in [5.41, 5.74) is 1.62. The molecule has 2 saturated heterocycles. The fourth-order valence-electron chi connectivity index (χ4n) is 14.1. The van der Waals surface area contributed by atoms with Gasteiger partial charge in [0.25, 0.3) is 11.8 Å². The van der Waals surface area contributed by atoms with E-state index in [1.165, 1.54) is 42.4 Å². The van der Waals surface area contributed by atoms with Gasteiger partial charge in [-0.2, -0.15) is 0 Å². The van der Waals surface area contributed by atoms with Gasteiger partial charge >= 0.3 is 12.1 Å². The van der Waals surface area contributed by atoms with Gasteiger partial charge in [-0.15, -0.1) is 17.0 Å². The molecule has 568 valence electrons. The number of hydrogen-bond donors (Lipinski definition) is 3. The van der Waals surface area contributed by atoms with E-state index in [0.717, 1.165) is 94.6 Å². The minimum Gasteiger partial charge on any atom is -0.476 e. The molecule has 4 aliphatic rings. The van der Waals surface area contributed by atoms with Gasteiger partial charge in [-0.1, -0.05) is 76.6 Å². The lowest BCUT2D eigenvalue weighted by Gasteiger charge is -2.37. The molecule has 4 fully saturated rings. The molecule has 26 nitrogen and oxygen atoms in total. The Labute approximate surface area is 626 Å². The largest absolute Gasteiger partial charge is 0.476 e. The molecule has 12 rings (SSSR count). The van der Waals surface area contributed by atoms with Crippen LogP contribution in [0.25, 0.3) is 17.3 Å². The molecule has 2 aliphatic carbocycles. The second-order valence-corrected chi connectivity index (χ2v) is 28.9. The molecule has 29 heteroatoms. The zero-order valence-electron chi connectivity index (χ0n) is 61.5. The molecule has 2 aliphatic heterocycles. The number of rotatable bonds is 23. The van der Waals surface area contributed by atoms with Gasteiger partial charge in [-0.05, 0) is 164 Å². The summed E-state index contributed by atoms with van der Waals surface area (Å²) in [7, 11) is 1.52. The molecule has 8 aromatic rings. The number of imidazole rings is 3. The van der Waals surface area contributed by atoms with Gasteiger partial charge in [0, 0.05) is 120 Å². The summed E-state index contributed by atoms with van der Waals surface area (Å²) >= 11 is 0. The molecule has 0 radical (unpaired) electrons. The van der Waals surface area contributed by atoms with Gasteiger partial charge in [-0.3, -0.25) is 46.9 Å². The Kier molecular flexibility index (Phi) is 28.4. The minimum absolute atomic E-state index is 0. The highest BCUT2D eigenvalue weighted by Crippen LogP contribution is 2.33. The number of nitrogens with zero attached hydrogens (tertiary/aromatic N) is 14. The highest BCUT2D eigenvalue weighted by molar-refractivity contribution is 8.93. The van der Waals surface area contributed by atoms with Crippen molar-refractivity contribution in [3.63, 3.8) is 0 Å². The van der Waals surface area contributed by atoms with E-state index >= 15 is 0 Å². The number of carboxylic acid groups (broad SMARTS) is 1. The maximum absolute atomic E-state index is 14.5. The van der Waals surface area contributed by atoms with E-state index in [4.69, 9.17) is 9.84 Å². The van der Waals surface area contributed by atoms with Crippen LogP contribution in [0.3, 0.4) is 0 Å². The number of ether oxygens (including phenoxy) is 1. The van der Waals surface area contributed by atoms with Gasteiger partial charge in [-0.25, -0.2) is 48.3 Å². The number of fused-ring (bicyclic) bond motifs is 3. The van der Waals surface area contributed by atoms with E-state index < -0.39 is 41.7 Å². The van der Waals surface area contributed by atoms with Crippen molar-refractivity contribution < 1.29 is 57.0 Å². The average Bonchev–Trinajstić information content (AvgIpc) is 1.63. The number of benzene rings is 2. The van der Waals surface area contributed by atoms with Gasteiger partial charge in [0.15, 0.2) is 5.69 Å². The number of aromatic nitrogens is 9. The summed E-state index contributed by atoms with van der Waals surface area (Å²) in [4.78, 5) is 140. The van der Waals surface area contributed by atoms with Crippen LogP contribution in [-0.2, 0) is 36.8 Å². The number of likely N-dealkylation sites (N-methyl/N-ethyl adjacent to an activating group) is 1. The van der Waals surface area contributed by atoms with Crippen LogP contribution < -0.4 is 10.6 Å². The minimum atomic E-state index is -1.04. The lowest BCUT2D eigenvalue weighted by atomic mass is 9.83. The summed E-state index contributed by atoms with van der Waals surface area (Å²) in [6, 6.07) is 15.1. The lowest BCUT2D eigenvalue weighted by molar-refractivity contribution is -0.140. The summed E-state index contributed by atoms with van der Waals surface area (Å²) in [6.07, 6.45) is 28.8. The molecule has 3 N–H and O–H groups in total. The van der Waals surface area contributed by atoms with E-state index in [2.05, 4.69) is 40.5 Å². The van der Waals surface area contributed by atoms with Crippen molar-refractivity contribution in [2.75, 3.05) is 46.3 Å². The second kappa shape index (κ2) is 37.4. The van der Waals surface area contributed by atoms with E-state index in [0.29, 0.717) is 75.7 Å². The molecule has 0 unspecified atom stereocenters. The highest BCUT2D eigenvalue weighted by Gasteiger charge is 2.43. The van der Waals surface area contributed by atoms with E-state index in [-0.39, 0.29) is 112 Å². The van der Waals surface area contributed by atoms with Crippen LogP contribution in [0.5, 0.6) is 0 Å². The number of halogens is 3. The molecule has 0 spiro atoms. The van der Waals surface area contributed by atoms with Crippen molar-refractivity contribution in [1.29, 1.82) is 0 Å². The molecule has 0 bridgehead atoms. The molecule has 106 heavy (non-hydrogen) atoms. The number of carbonyl (C=O) groups excluding carboxylic acids is 7. The maximum Gasteiger partial charge on any atom is 0.410 e. The Morgan fingerprint density at radius 2 is 0.953 bits per heavy atom. The first kappa shape index (κ1) is 80.3. The lowest BCUT2D eigenvalue weighted by Crippen LogP contribution is -2.58. The zero-order chi connectivity index (χ0) is 74.9. The number of hydrogen-bond acceptors (Lipinski definition) is 15. The van der Waals surface area contributed by atoms with Crippen molar-refractivity contribution in [1.82, 2.24) is 78.2 Å². The molecule has 8 heterocycles. The zero-order valence-corrected chi connectivity index (χ0v) is 63.2. The third-order valence-corrected chi connectivity index (χ3v) is 20.4. The normalized spacial score (nSPS) is 17.3. The topological polar surface area (TPSA) is 297 Å². The first-order valence-corrected chi connectivity index (χ1v) is 36.8. The number of aromatic carboxylic acids is 1. The summed E-state index contributed by atoms with van der Waals surface area (Å²) in [5, 5.41) is 14.8. The summed E-state index contributed by atoms with van der Waals surface area (Å²) in [5.74, 6) is -1.72. The van der Waals surface area contributed by atoms with Crippen LogP contribution in [-0.4, -0.2) is 202 Å². The monoisotopic (exact) mass is 1520 g/mol. The Balaban J connectivity index is 0.000000211. The average molecular weight is 1530 g/mol.